The van der Waals surface area contributed by atoms with E-state index in [0.717, 1.165) is 16.7 Å². The van der Waals surface area contributed by atoms with Crippen molar-refractivity contribution in [2.45, 2.75) is 20.3 Å². The van der Waals surface area contributed by atoms with Gasteiger partial charge in [0.1, 0.15) is 5.82 Å². The molecule has 0 aliphatic heterocycles. The normalized spacial score (nSPS) is 10.3. The van der Waals surface area contributed by atoms with Crippen LogP contribution >= 0.6 is 0 Å². The monoisotopic (exact) mass is 167 g/mol. The van der Waals surface area contributed by atoms with Crippen LogP contribution in [0.25, 0.3) is 0 Å². The van der Waals surface area contributed by atoms with Crippen LogP contribution in [0.2, 0.25) is 0 Å². The summed E-state index contributed by atoms with van der Waals surface area (Å²) in [4.78, 5) is 0. The summed E-state index contributed by atoms with van der Waals surface area (Å²) in [5.74, 6) is -0.136. The van der Waals surface area contributed by atoms with E-state index in [9.17, 15) is 4.39 Å². The Morgan fingerprint density at radius 3 is 2.42 bits per heavy atom. The molecule has 12 heavy (non-hydrogen) atoms. The minimum atomic E-state index is -0.136. The number of benzene rings is 1. The van der Waals surface area contributed by atoms with Crippen LogP contribution in [-0.4, -0.2) is 6.54 Å². The van der Waals surface area contributed by atoms with Crippen LogP contribution in [0.15, 0.2) is 12.1 Å². The minimum Gasteiger partial charge on any atom is -0.330 e. The Kier molecular flexibility index (Phi) is 2.82. The molecule has 1 aromatic rings. The Hall–Kier alpha value is -0.890. The van der Waals surface area contributed by atoms with Gasteiger partial charge in [-0.2, -0.15) is 0 Å². The summed E-state index contributed by atoms with van der Waals surface area (Å²) in [5, 5.41) is 0. The molecular weight excluding hydrogens is 153 g/mol. The Labute approximate surface area is 72.4 Å². The second kappa shape index (κ2) is 3.68. The Balaban J connectivity index is 3.05. The highest BCUT2D eigenvalue weighted by atomic mass is 19.1. The summed E-state index contributed by atoms with van der Waals surface area (Å²) < 4.78 is 13.2. The maximum Gasteiger partial charge on any atom is 0.126 e. The van der Waals surface area contributed by atoms with E-state index < -0.39 is 0 Å². The largest absolute Gasteiger partial charge is 0.330 e. The number of aryl methyl sites for hydroxylation is 2. The first-order valence-corrected chi connectivity index (χ1v) is 4.11. The zero-order valence-electron chi connectivity index (χ0n) is 7.52. The maximum atomic E-state index is 13.2. The second-order valence-corrected chi connectivity index (χ2v) is 3.07. The SMILES string of the molecule is Cc1cc(F)c(CCN)cc1C. The van der Waals surface area contributed by atoms with Gasteiger partial charge >= 0.3 is 0 Å². The van der Waals surface area contributed by atoms with E-state index in [1.165, 1.54) is 0 Å². The van der Waals surface area contributed by atoms with Gasteiger partial charge in [-0.25, -0.2) is 4.39 Å². The summed E-state index contributed by atoms with van der Waals surface area (Å²) >= 11 is 0. The molecule has 1 aromatic carbocycles. The van der Waals surface area contributed by atoms with Gasteiger partial charge in [0.25, 0.3) is 0 Å². The van der Waals surface area contributed by atoms with E-state index in [2.05, 4.69) is 0 Å². The first-order valence-electron chi connectivity index (χ1n) is 4.11. The maximum absolute atomic E-state index is 13.2. The van der Waals surface area contributed by atoms with Gasteiger partial charge in [-0.15, -0.1) is 0 Å². The van der Waals surface area contributed by atoms with Gasteiger partial charge in [-0.05, 0) is 49.6 Å². The van der Waals surface area contributed by atoms with Gasteiger partial charge in [0.2, 0.25) is 0 Å². The molecule has 0 radical (unpaired) electrons. The van der Waals surface area contributed by atoms with E-state index in [0.29, 0.717) is 13.0 Å². The van der Waals surface area contributed by atoms with Crippen molar-refractivity contribution >= 4 is 0 Å². The lowest BCUT2D eigenvalue weighted by Gasteiger charge is -2.05. The molecule has 0 heterocycles. The number of hydrogen-bond acceptors (Lipinski definition) is 1. The standard InChI is InChI=1S/C10H14FN/c1-7-5-9(3-4-12)10(11)6-8(7)2/h5-6H,3-4,12H2,1-2H3. The molecule has 0 amide bonds. The van der Waals surface area contributed by atoms with Crippen LogP contribution in [0.5, 0.6) is 0 Å². The number of nitrogens with two attached hydrogens (primary N) is 1. The molecule has 0 fully saturated rings. The molecule has 0 bridgehead atoms. The molecule has 1 rings (SSSR count). The average Bonchev–Trinajstić information content (AvgIpc) is 2.01. The molecule has 0 saturated carbocycles. The number of hydrogen-bond donors (Lipinski definition) is 1. The molecule has 0 spiro atoms. The molecule has 0 saturated heterocycles. The lowest BCUT2D eigenvalue weighted by Crippen LogP contribution is -2.05. The lowest BCUT2D eigenvalue weighted by molar-refractivity contribution is 0.607. The van der Waals surface area contributed by atoms with Crippen molar-refractivity contribution in [2.75, 3.05) is 6.54 Å². The smallest absolute Gasteiger partial charge is 0.126 e. The van der Waals surface area contributed by atoms with Gasteiger partial charge in [0.05, 0.1) is 0 Å². The predicted molar refractivity (Wildman–Crippen MR) is 48.6 cm³/mol. The molecule has 0 aliphatic rings. The third-order valence-corrected chi connectivity index (χ3v) is 2.08. The zero-order chi connectivity index (χ0) is 9.14. The fourth-order valence-corrected chi connectivity index (χ4v) is 1.19. The van der Waals surface area contributed by atoms with Gasteiger partial charge in [-0.1, -0.05) is 6.07 Å². The summed E-state index contributed by atoms with van der Waals surface area (Å²) in [6, 6.07) is 3.44. The molecule has 1 nitrogen and oxygen atoms in total. The third kappa shape index (κ3) is 1.83. The molecule has 0 atom stereocenters. The van der Waals surface area contributed by atoms with Crippen molar-refractivity contribution in [3.63, 3.8) is 0 Å². The minimum absolute atomic E-state index is 0.136. The van der Waals surface area contributed by atoms with Crippen LogP contribution in [-0.2, 0) is 6.42 Å². The first-order chi connectivity index (χ1) is 5.65. The molecule has 66 valence electrons. The van der Waals surface area contributed by atoms with E-state index in [4.69, 9.17) is 5.73 Å². The van der Waals surface area contributed by atoms with E-state index in [1.807, 2.05) is 19.9 Å². The molecule has 0 unspecified atom stereocenters. The van der Waals surface area contributed by atoms with Gasteiger partial charge < -0.3 is 5.73 Å². The summed E-state index contributed by atoms with van der Waals surface area (Å²) in [6.45, 7) is 4.39. The van der Waals surface area contributed by atoms with Crippen molar-refractivity contribution in [3.05, 3.63) is 34.6 Å². The summed E-state index contributed by atoms with van der Waals surface area (Å²) in [6.07, 6.45) is 0.618. The molecule has 0 aliphatic carbocycles. The Bertz CT molecular complexity index is 281. The average molecular weight is 167 g/mol. The first kappa shape index (κ1) is 9.20. The quantitative estimate of drug-likeness (QED) is 0.715. The van der Waals surface area contributed by atoms with Crippen LogP contribution in [0, 0.1) is 19.7 Å². The second-order valence-electron chi connectivity index (χ2n) is 3.07. The molecule has 2 heteroatoms. The highest BCUT2D eigenvalue weighted by Gasteiger charge is 2.03. The van der Waals surface area contributed by atoms with Gasteiger partial charge in [-0.3, -0.25) is 0 Å². The van der Waals surface area contributed by atoms with Crippen LogP contribution in [0.1, 0.15) is 16.7 Å². The Morgan fingerprint density at radius 2 is 1.83 bits per heavy atom. The third-order valence-electron chi connectivity index (χ3n) is 2.08. The van der Waals surface area contributed by atoms with Crippen LogP contribution in [0.3, 0.4) is 0 Å². The number of rotatable bonds is 2. The van der Waals surface area contributed by atoms with Crippen molar-refractivity contribution < 1.29 is 4.39 Å². The molecular formula is C10H14FN. The highest BCUT2D eigenvalue weighted by molar-refractivity contribution is 5.31. The zero-order valence-corrected chi connectivity index (χ0v) is 7.52. The van der Waals surface area contributed by atoms with E-state index >= 15 is 0 Å². The lowest BCUT2D eigenvalue weighted by atomic mass is 10.0. The topological polar surface area (TPSA) is 26.0 Å². The summed E-state index contributed by atoms with van der Waals surface area (Å²) in [7, 11) is 0. The fourth-order valence-electron chi connectivity index (χ4n) is 1.19. The predicted octanol–water partition coefficient (Wildman–Crippen LogP) is 1.94. The van der Waals surface area contributed by atoms with E-state index in [-0.39, 0.29) is 5.82 Å². The van der Waals surface area contributed by atoms with Crippen LogP contribution in [0.4, 0.5) is 4.39 Å². The van der Waals surface area contributed by atoms with E-state index in [1.54, 1.807) is 6.07 Å². The summed E-state index contributed by atoms with van der Waals surface area (Å²) in [5.41, 5.74) is 8.19. The fraction of sp³-hybridized carbons (Fsp3) is 0.400. The van der Waals surface area contributed by atoms with Gasteiger partial charge in [0, 0.05) is 0 Å². The van der Waals surface area contributed by atoms with Crippen molar-refractivity contribution in [1.29, 1.82) is 0 Å². The Morgan fingerprint density at radius 1 is 1.25 bits per heavy atom. The molecule has 0 aromatic heterocycles. The van der Waals surface area contributed by atoms with Crippen molar-refractivity contribution in [1.82, 2.24) is 0 Å². The van der Waals surface area contributed by atoms with Crippen molar-refractivity contribution in [3.8, 4) is 0 Å². The van der Waals surface area contributed by atoms with Gasteiger partial charge in [0.15, 0.2) is 0 Å². The highest BCUT2D eigenvalue weighted by Crippen LogP contribution is 2.14. The van der Waals surface area contributed by atoms with Crippen LogP contribution < -0.4 is 5.73 Å². The number of halogens is 1. The molecule has 2 N–H and O–H groups in total. The van der Waals surface area contributed by atoms with Crippen molar-refractivity contribution in [2.24, 2.45) is 5.73 Å².